The fourth-order valence-corrected chi connectivity index (χ4v) is 2.25. The molecule has 1 aliphatic rings. The lowest BCUT2D eigenvalue weighted by Crippen LogP contribution is -2.49. The first-order valence-electron chi connectivity index (χ1n) is 6.41. The zero-order chi connectivity index (χ0) is 14.0. The van der Waals surface area contributed by atoms with Gasteiger partial charge in [-0.2, -0.15) is 0 Å². The monoisotopic (exact) mass is 266 g/mol. The van der Waals surface area contributed by atoms with Gasteiger partial charge in [-0.3, -0.25) is 4.79 Å². The highest BCUT2D eigenvalue weighted by Crippen LogP contribution is 2.21. The van der Waals surface area contributed by atoms with Gasteiger partial charge in [-0.05, 0) is 24.5 Å². The summed E-state index contributed by atoms with van der Waals surface area (Å²) in [5, 5.41) is 0. The predicted molar refractivity (Wildman–Crippen MR) is 70.6 cm³/mol. The topological polar surface area (TPSA) is 55.6 Å². The summed E-state index contributed by atoms with van der Waals surface area (Å²) in [6.45, 7) is 3.17. The molecule has 2 N–H and O–H groups in total. The van der Waals surface area contributed by atoms with E-state index in [4.69, 9.17) is 10.5 Å². The van der Waals surface area contributed by atoms with Crippen LogP contribution in [-0.2, 0) is 0 Å². The Morgan fingerprint density at radius 2 is 2.26 bits per heavy atom. The number of halogens is 1. The summed E-state index contributed by atoms with van der Waals surface area (Å²) in [5.41, 5.74) is 6.03. The van der Waals surface area contributed by atoms with Crippen molar-refractivity contribution >= 4 is 5.91 Å². The van der Waals surface area contributed by atoms with E-state index in [9.17, 15) is 9.18 Å². The Balaban J connectivity index is 2.16. The van der Waals surface area contributed by atoms with Crippen LogP contribution in [0.2, 0.25) is 0 Å². The largest absolute Gasteiger partial charge is 0.497 e. The summed E-state index contributed by atoms with van der Waals surface area (Å²) in [5.74, 6) is -0.0678. The van der Waals surface area contributed by atoms with Crippen LogP contribution in [0.4, 0.5) is 4.39 Å². The van der Waals surface area contributed by atoms with Gasteiger partial charge in [0, 0.05) is 25.2 Å². The van der Waals surface area contributed by atoms with Crippen LogP contribution in [0, 0.1) is 11.7 Å². The van der Waals surface area contributed by atoms with E-state index >= 15 is 0 Å². The van der Waals surface area contributed by atoms with Crippen molar-refractivity contribution in [2.45, 2.75) is 19.4 Å². The van der Waals surface area contributed by atoms with Crippen molar-refractivity contribution < 1.29 is 13.9 Å². The molecule has 1 saturated heterocycles. The van der Waals surface area contributed by atoms with Gasteiger partial charge in [-0.15, -0.1) is 0 Å². The van der Waals surface area contributed by atoms with Gasteiger partial charge in [0.25, 0.3) is 5.91 Å². The number of carbonyl (C=O) groups is 1. The molecule has 1 fully saturated rings. The van der Waals surface area contributed by atoms with Crippen LogP contribution in [-0.4, -0.2) is 37.0 Å². The number of benzene rings is 1. The van der Waals surface area contributed by atoms with Crippen molar-refractivity contribution in [3.8, 4) is 5.75 Å². The number of nitrogens with two attached hydrogens (primary N) is 1. The number of hydrogen-bond acceptors (Lipinski definition) is 3. The highest BCUT2D eigenvalue weighted by atomic mass is 19.1. The molecule has 1 aliphatic heterocycles. The maximum atomic E-state index is 13.9. The highest BCUT2D eigenvalue weighted by Gasteiger charge is 2.28. The summed E-state index contributed by atoms with van der Waals surface area (Å²) >= 11 is 0. The van der Waals surface area contributed by atoms with E-state index in [0.717, 1.165) is 6.42 Å². The van der Waals surface area contributed by atoms with Crippen molar-refractivity contribution in [1.29, 1.82) is 0 Å². The van der Waals surface area contributed by atoms with Gasteiger partial charge in [-0.25, -0.2) is 4.39 Å². The van der Waals surface area contributed by atoms with E-state index < -0.39 is 5.82 Å². The number of ether oxygens (including phenoxy) is 1. The van der Waals surface area contributed by atoms with Crippen LogP contribution in [0.3, 0.4) is 0 Å². The number of likely N-dealkylation sites (tertiary alicyclic amines) is 1. The summed E-state index contributed by atoms with van der Waals surface area (Å²) in [6, 6.07) is 4.22. The Bertz CT molecular complexity index is 479. The van der Waals surface area contributed by atoms with Crippen molar-refractivity contribution in [3.63, 3.8) is 0 Å². The van der Waals surface area contributed by atoms with Crippen LogP contribution in [0.5, 0.6) is 5.75 Å². The lowest BCUT2D eigenvalue weighted by molar-refractivity contribution is 0.0667. The first kappa shape index (κ1) is 13.8. The molecule has 104 valence electrons. The third-order valence-electron chi connectivity index (χ3n) is 3.71. The molecule has 1 heterocycles. The fraction of sp³-hybridized carbons (Fsp3) is 0.500. The van der Waals surface area contributed by atoms with Crippen LogP contribution in [0.25, 0.3) is 0 Å². The molecule has 0 bridgehead atoms. The van der Waals surface area contributed by atoms with Gasteiger partial charge in [0.2, 0.25) is 0 Å². The average Bonchev–Trinajstić information content (AvgIpc) is 2.41. The maximum absolute atomic E-state index is 13.9. The Hall–Kier alpha value is -1.62. The number of methoxy groups -OCH3 is 1. The molecule has 2 unspecified atom stereocenters. The maximum Gasteiger partial charge on any atom is 0.256 e. The molecular weight excluding hydrogens is 247 g/mol. The van der Waals surface area contributed by atoms with Crippen molar-refractivity contribution in [1.82, 2.24) is 4.90 Å². The molecule has 4 nitrogen and oxygen atoms in total. The standard InChI is InChI=1S/C14H19FN2O2/c1-9-5-6-17(8-13(9)16)14(18)11-4-3-10(19-2)7-12(11)15/h3-4,7,9,13H,5-6,8,16H2,1-2H3. The minimum atomic E-state index is -0.559. The number of amides is 1. The molecule has 1 amide bonds. The number of piperidine rings is 1. The molecule has 1 aromatic rings. The van der Waals surface area contributed by atoms with E-state index in [1.54, 1.807) is 11.0 Å². The van der Waals surface area contributed by atoms with E-state index in [0.29, 0.717) is 24.8 Å². The summed E-state index contributed by atoms with van der Waals surface area (Å²) in [7, 11) is 1.46. The molecule has 2 rings (SSSR count). The first-order chi connectivity index (χ1) is 9.02. The molecule has 0 radical (unpaired) electrons. The van der Waals surface area contributed by atoms with Crippen LogP contribution >= 0.6 is 0 Å². The van der Waals surface area contributed by atoms with E-state index in [2.05, 4.69) is 6.92 Å². The summed E-state index contributed by atoms with van der Waals surface area (Å²) in [4.78, 5) is 13.9. The molecule has 19 heavy (non-hydrogen) atoms. The van der Waals surface area contributed by atoms with Crippen molar-refractivity contribution in [2.75, 3.05) is 20.2 Å². The van der Waals surface area contributed by atoms with Crippen LogP contribution < -0.4 is 10.5 Å². The minimum absolute atomic E-state index is 0.0426. The van der Waals surface area contributed by atoms with Crippen molar-refractivity contribution in [3.05, 3.63) is 29.6 Å². The molecule has 5 heteroatoms. The zero-order valence-electron chi connectivity index (χ0n) is 11.2. The van der Waals surface area contributed by atoms with Gasteiger partial charge in [0.15, 0.2) is 0 Å². The van der Waals surface area contributed by atoms with Gasteiger partial charge in [-0.1, -0.05) is 6.92 Å². The third-order valence-corrected chi connectivity index (χ3v) is 3.71. The molecule has 0 aromatic heterocycles. The van der Waals surface area contributed by atoms with Gasteiger partial charge < -0.3 is 15.4 Å². The Morgan fingerprint density at radius 1 is 1.53 bits per heavy atom. The summed E-state index contributed by atoms with van der Waals surface area (Å²) < 4.78 is 18.8. The summed E-state index contributed by atoms with van der Waals surface area (Å²) in [6.07, 6.45) is 0.852. The van der Waals surface area contributed by atoms with Crippen molar-refractivity contribution in [2.24, 2.45) is 11.7 Å². The molecule has 2 atom stereocenters. The van der Waals surface area contributed by atoms with Gasteiger partial charge in [0.1, 0.15) is 11.6 Å². The molecular formula is C14H19FN2O2. The molecule has 0 saturated carbocycles. The number of hydrogen-bond donors (Lipinski definition) is 1. The SMILES string of the molecule is COc1ccc(C(=O)N2CCC(C)C(N)C2)c(F)c1. The van der Waals surface area contributed by atoms with E-state index in [1.165, 1.54) is 19.2 Å². The van der Waals surface area contributed by atoms with Gasteiger partial charge >= 0.3 is 0 Å². The van der Waals surface area contributed by atoms with Gasteiger partial charge in [0.05, 0.1) is 12.7 Å². The zero-order valence-corrected chi connectivity index (χ0v) is 11.2. The smallest absolute Gasteiger partial charge is 0.256 e. The number of rotatable bonds is 2. The average molecular weight is 266 g/mol. The molecule has 0 spiro atoms. The highest BCUT2D eigenvalue weighted by molar-refractivity contribution is 5.94. The fourth-order valence-electron chi connectivity index (χ4n) is 2.25. The normalized spacial score (nSPS) is 23.3. The lowest BCUT2D eigenvalue weighted by Gasteiger charge is -2.35. The Morgan fingerprint density at radius 3 is 2.84 bits per heavy atom. The Labute approximate surface area is 112 Å². The molecule has 1 aromatic carbocycles. The minimum Gasteiger partial charge on any atom is -0.497 e. The lowest BCUT2D eigenvalue weighted by atomic mass is 9.94. The van der Waals surface area contributed by atoms with Crippen LogP contribution in [0.1, 0.15) is 23.7 Å². The number of carbonyl (C=O) groups excluding carboxylic acids is 1. The second-order valence-electron chi connectivity index (χ2n) is 5.03. The second-order valence-corrected chi connectivity index (χ2v) is 5.03. The first-order valence-corrected chi connectivity index (χ1v) is 6.41. The number of nitrogens with zero attached hydrogens (tertiary/aromatic N) is 1. The van der Waals surface area contributed by atoms with Crippen LogP contribution in [0.15, 0.2) is 18.2 Å². The predicted octanol–water partition coefficient (Wildman–Crippen LogP) is 1.64. The molecule has 0 aliphatic carbocycles. The van der Waals surface area contributed by atoms with E-state index in [-0.39, 0.29) is 17.5 Å². The third kappa shape index (κ3) is 2.87. The Kier molecular flexibility index (Phi) is 4.04. The second kappa shape index (κ2) is 5.57. The quantitative estimate of drug-likeness (QED) is 0.885. The van der Waals surface area contributed by atoms with E-state index in [1.807, 2.05) is 0 Å².